The minimum absolute atomic E-state index is 0.0156. The average Bonchev–Trinajstić information content (AvgIpc) is 2.80. The first kappa shape index (κ1) is 13.5. The van der Waals surface area contributed by atoms with Crippen molar-refractivity contribution in [2.45, 2.75) is 6.92 Å². The van der Waals surface area contributed by atoms with Crippen molar-refractivity contribution >= 4 is 23.2 Å². The molecular weight excluding hydrogens is 292 g/mol. The van der Waals surface area contributed by atoms with E-state index in [2.05, 4.69) is 4.98 Å². The van der Waals surface area contributed by atoms with Gasteiger partial charge in [0.1, 0.15) is 11.4 Å². The number of carboxylic acids is 1. The summed E-state index contributed by atoms with van der Waals surface area (Å²) in [4.78, 5) is 15.7. The maximum Gasteiger partial charge on any atom is 0.358 e. The Morgan fingerprint density at radius 1 is 1.33 bits per heavy atom. The molecule has 0 bridgehead atoms. The van der Waals surface area contributed by atoms with Crippen molar-refractivity contribution in [2.24, 2.45) is 0 Å². The van der Waals surface area contributed by atoms with Crippen molar-refractivity contribution < 1.29 is 14.6 Å². The Morgan fingerprint density at radius 2 is 2.14 bits per heavy atom. The number of ether oxygens (including phenoxy) is 1. The van der Waals surface area contributed by atoms with Gasteiger partial charge >= 0.3 is 5.97 Å². The monoisotopic (exact) mass is 302 g/mol. The molecule has 0 aliphatic carbocycles. The predicted molar refractivity (Wildman–Crippen MR) is 78.4 cm³/mol. The summed E-state index contributed by atoms with van der Waals surface area (Å²) in [6, 6.07) is 10.3. The van der Waals surface area contributed by atoms with Crippen LogP contribution in [0.5, 0.6) is 11.6 Å². The van der Waals surface area contributed by atoms with Crippen LogP contribution in [0, 0.1) is 6.92 Å². The average molecular weight is 303 g/mol. The highest BCUT2D eigenvalue weighted by molar-refractivity contribution is 6.31. The van der Waals surface area contributed by atoms with Crippen LogP contribution in [-0.2, 0) is 0 Å². The Balaban J connectivity index is 2.09. The first-order valence-corrected chi connectivity index (χ1v) is 6.58. The normalized spacial score (nSPS) is 10.8. The van der Waals surface area contributed by atoms with Gasteiger partial charge in [0.15, 0.2) is 5.69 Å². The number of aromatic carboxylic acids is 1. The van der Waals surface area contributed by atoms with E-state index in [1.807, 2.05) is 6.92 Å². The standard InChI is InChI=1S/C15H11ClN2O3/c1-9-8-10(5-6-11(9)16)21-14-13(15(19)20)18-7-3-2-4-12(18)17-14/h2-8H,1H3,(H,19,20). The molecule has 0 fully saturated rings. The van der Waals surface area contributed by atoms with Crippen molar-refractivity contribution in [1.82, 2.24) is 9.38 Å². The second-order valence-electron chi connectivity index (χ2n) is 4.51. The number of nitrogens with zero attached hydrogens (tertiary/aromatic N) is 2. The number of carboxylic acid groups (broad SMARTS) is 1. The van der Waals surface area contributed by atoms with Crippen LogP contribution >= 0.6 is 11.6 Å². The minimum Gasteiger partial charge on any atom is -0.476 e. The quantitative estimate of drug-likeness (QED) is 0.799. The Bertz CT molecular complexity index is 842. The van der Waals surface area contributed by atoms with Crippen molar-refractivity contribution in [1.29, 1.82) is 0 Å². The van der Waals surface area contributed by atoms with Crippen LogP contribution in [0.2, 0.25) is 5.02 Å². The number of hydrogen-bond acceptors (Lipinski definition) is 3. The number of halogens is 1. The third kappa shape index (κ3) is 2.43. The molecule has 0 saturated heterocycles. The lowest BCUT2D eigenvalue weighted by Crippen LogP contribution is -2.03. The van der Waals surface area contributed by atoms with Gasteiger partial charge in [-0.25, -0.2) is 4.79 Å². The molecule has 6 heteroatoms. The fourth-order valence-electron chi connectivity index (χ4n) is 2.03. The third-order valence-corrected chi connectivity index (χ3v) is 3.47. The lowest BCUT2D eigenvalue weighted by Gasteiger charge is -2.05. The van der Waals surface area contributed by atoms with Crippen LogP contribution in [0.3, 0.4) is 0 Å². The zero-order valence-electron chi connectivity index (χ0n) is 11.1. The van der Waals surface area contributed by atoms with E-state index in [4.69, 9.17) is 16.3 Å². The van der Waals surface area contributed by atoms with Crippen LogP contribution in [0.15, 0.2) is 42.6 Å². The Morgan fingerprint density at radius 3 is 2.86 bits per heavy atom. The molecule has 0 amide bonds. The van der Waals surface area contributed by atoms with Crippen LogP contribution in [-0.4, -0.2) is 20.5 Å². The van der Waals surface area contributed by atoms with Crippen LogP contribution in [0.4, 0.5) is 0 Å². The second kappa shape index (κ2) is 5.10. The summed E-state index contributed by atoms with van der Waals surface area (Å²) in [6.07, 6.45) is 1.63. The number of aryl methyl sites for hydroxylation is 1. The van der Waals surface area contributed by atoms with E-state index in [0.29, 0.717) is 16.4 Å². The van der Waals surface area contributed by atoms with Gasteiger partial charge < -0.3 is 9.84 Å². The highest BCUT2D eigenvalue weighted by atomic mass is 35.5. The van der Waals surface area contributed by atoms with Crippen LogP contribution in [0.1, 0.15) is 16.1 Å². The highest BCUT2D eigenvalue weighted by Gasteiger charge is 2.20. The van der Waals surface area contributed by atoms with E-state index in [9.17, 15) is 9.90 Å². The molecule has 21 heavy (non-hydrogen) atoms. The number of aromatic nitrogens is 2. The number of rotatable bonds is 3. The SMILES string of the molecule is Cc1cc(Oc2nc3ccccn3c2C(=O)O)ccc1Cl. The molecule has 0 saturated carbocycles. The van der Waals surface area contributed by atoms with Gasteiger partial charge in [0.25, 0.3) is 5.88 Å². The lowest BCUT2D eigenvalue weighted by molar-refractivity contribution is 0.0686. The largest absolute Gasteiger partial charge is 0.476 e. The molecule has 0 radical (unpaired) electrons. The molecule has 106 valence electrons. The molecule has 3 aromatic rings. The molecule has 2 heterocycles. The van der Waals surface area contributed by atoms with Crippen molar-refractivity contribution in [2.75, 3.05) is 0 Å². The summed E-state index contributed by atoms with van der Waals surface area (Å²) in [5, 5.41) is 9.99. The summed E-state index contributed by atoms with van der Waals surface area (Å²) in [7, 11) is 0. The molecule has 0 aliphatic rings. The van der Waals surface area contributed by atoms with E-state index in [0.717, 1.165) is 5.56 Å². The zero-order valence-corrected chi connectivity index (χ0v) is 11.8. The highest BCUT2D eigenvalue weighted by Crippen LogP contribution is 2.28. The number of benzene rings is 1. The van der Waals surface area contributed by atoms with E-state index in [1.54, 1.807) is 42.6 Å². The van der Waals surface area contributed by atoms with Gasteiger partial charge in [0.05, 0.1) is 0 Å². The van der Waals surface area contributed by atoms with E-state index < -0.39 is 5.97 Å². The molecule has 2 aromatic heterocycles. The van der Waals surface area contributed by atoms with Gasteiger partial charge in [-0.1, -0.05) is 17.7 Å². The molecule has 3 rings (SSSR count). The van der Waals surface area contributed by atoms with Crippen LogP contribution in [0.25, 0.3) is 5.65 Å². The summed E-state index contributed by atoms with van der Waals surface area (Å²) in [5.74, 6) is -0.562. The number of hydrogen-bond donors (Lipinski definition) is 1. The minimum atomic E-state index is -1.10. The molecule has 1 N–H and O–H groups in total. The number of imidazole rings is 1. The number of pyridine rings is 1. The van der Waals surface area contributed by atoms with Gasteiger partial charge in [-0.05, 0) is 42.8 Å². The Labute approximate surface area is 125 Å². The molecule has 5 nitrogen and oxygen atoms in total. The topological polar surface area (TPSA) is 63.8 Å². The summed E-state index contributed by atoms with van der Waals surface area (Å²) in [6.45, 7) is 1.84. The Hall–Kier alpha value is -2.53. The molecule has 0 spiro atoms. The van der Waals surface area contributed by atoms with Crippen molar-refractivity contribution in [3.8, 4) is 11.6 Å². The lowest BCUT2D eigenvalue weighted by atomic mass is 10.2. The van der Waals surface area contributed by atoms with Gasteiger partial charge in [-0.15, -0.1) is 0 Å². The van der Waals surface area contributed by atoms with Crippen molar-refractivity contribution in [3.63, 3.8) is 0 Å². The van der Waals surface area contributed by atoms with Crippen LogP contribution < -0.4 is 4.74 Å². The molecule has 1 aromatic carbocycles. The smallest absolute Gasteiger partial charge is 0.358 e. The fourth-order valence-corrected chi connectivity index (χ4v) is 2.15. The third-order valence-electron chi connectivity index (χ3n) is 3.04. The zero-order chi connectivity index (χ0) is 15.0. The van der Waals surface area contributed by atoms with Gasteiger partial charge in [-0.3, -0.25) is 4.40 Å². The predicted octanol–water partition coefficient (Wildman–Crippen LogP) is 3.79. The van der Waals surface area contributed by atoms with E-state index >= 15 is 0 Å². The maximum atomic E-state index is 11.4. The maximum absolute atomic E-state index is 11.4. The molecule has 0 atom stereocenters. The molecule has 0 unspecified atom stereocenters. The second-order valence-corrected chi connectivity index (χ2v) is 4.92. The van der Waals surface area contributed by atoms with Gasteiger partial charge in [0.2, 0.25) is 0 Å². The summed E-state index contributed by atoms with van der Waals surface area (Å²) in [5.41, 5.74) is 1.34. The fraction of sp³-hybridized carbons (Fsp3) is 0.0667. The van der Waals surface area contributed by atoms with Gasteiger partial charge in [0, 0.05) is 11.2 Å². The number of fused-ring (bicyclic) bond motifs is 1. The summed E-state index contributed by atoms with van der Waals surface area (Å²) < 4.78 is 7.09. The van der Waals surface area contributed by atoms with Gasteiger partial charge in [-0.2, -0.15) is 4.98 Å². The van der Waals surface area contributed by atoms with Crippen molar-refractivity contribution in [3.05, 3.63) is 58.9 Å². The summed E-state index contributed by atoms with van der Waals surface area (Å²) >= 11 is 5.96. The first-order chi connectivity index (χ1) is 10.1. The molecular formula is C15H11ClN2O3. The number of carbonyl (C=O) groups is 1. The molecule has 0 aliphatic heterocycles. The Kier molecular flexibility index (Phi) is 3.27. The first-order valence-electron chi connectivity index (χ1n) is 6.20. The van der Waals surface area contributed by atoms with E-state index in [-0.39, 0.29) is 11.6 Å². The van der Waals surface area contributed by atoms with E-state index in [1.165, 1.54) is 4.40 Å².